The summed E-state index contributed by atoms with van der Waals surface area (Å²) in [6.45, 7) is 11.5. The molecule has 0 spiro atoms. The molecule has 162 valence electrons. The summed E-state index contributed by atoms with van der Waals surface area (Å²) in [6, 6.07) is 7.76. The van der Waals surface area contributed by atoms with Crippen molar-refractivity contribution < 1.29 is 29.1 Å². The first-order chi connectivity index (χ1) is 13.3. The monoisotopic (exact) mass is 408 g/mol. The van der Waals surface area contributed by atoms with Crippen molar-refractivity contribution in [3.63, 3.8) is 0 Å². The van der Waals surface area contributed by atoms with E-state index in [0.29, 0.717) is 0 Å². The first-order valence-electron chi connectivity index (χ1n) is 9.52. The number of carbonyl (C=O) groups excluding carboxylic acids is 2. The lowest BCUT2D eigenvalue weighted by Crippen LogP contribution is -2.53. The number of nitrogens with one attached hydrogen (secondary N) is 1. The van der Waals surface area contributed by atoms with Gasteiger partial charge in [0.1, 0.15) is 12.6 Å². The number of hydrogen-bond acceptors (Lipinski definition) is 6. The largest absolute Gasteiger partial charge is 0.480 e. The molecule has 8 heteroatoms. The number of benzene rings is 1. The van der Waals surface area contributed by atoms with E-state index in [1.165, 1.54) is 0 Å². The van der Waals surface area contributed by atoms with Crippen LogP contribution in [0.4, 0.5) is 4.79 Å². The zero-order valence-electron chi connectivity index (χ0n) is 18.0. The van der Waals surface area contributed by atoms with E-state index in [4.69, 9.17) is 9.57 Å². The highest BCUT2D eigenvalue weighted by atomic mass is 16.7. The summed E-state index contributed by atoms with van der Waals surface area (Å²) in [5, 5.41) is 13.2. The maximum atomic E-state index is 12.3. The lowest BCUT2D eigenvalue weighted by Gasteiger charge is -2.42. The van der Waals surface area contributed by atoms with Crippen LogP contribution in [0.2, 0.25) is 0 Å². The first kappa shape index (κ1) is 24.4. The molecule has 0 saturated carbocycles. The fourth-order valence-electron chi connectivity index (χ4n) is 2.85. The van der Waals surface area contributed by atoms with Crippen molar-refractivity contribution in [2.75, 3.05) is 0 Å². The van der Waals surface area contributed by atoms with Crippen LogP contribution in [0.25, 0.3) is 0 Å². The number of carboxylic acids is 1. The molecule has 1 aromatic carbocycles. The second-order valence-electron chi connectivity index (χ2n) is 8.73. The molecular weight excluding hydrogens is 376 g/mol. The molecule has 1 rings (SSSR count). The molecule has 1 amide bonds. The zero-order valence-corrected chi connectivity index (χ0v) is 18.0. The van der Waals surface area contributed by atoms with Gasteiger partial charge in [-0.15, -0.1) is 5.06 Å². The molecule has 2 N–H and O–H groups in total. The third kappa shape index (κ3) is 8.95. The first-order valence-corrected chi connectivity index (χ1v) is 9.52. The molecule has 0 aliphatic heterocycles. The average molecular weight is 408 g/mol. The molecule has 0 fully saturated rings. The number of nitrogens with zero attached hydrogens (tertiary/aromatic N) is 1. The van der Waals surface area contributed by atoms with Crippen LogP contribution in [-0.4, -0.2) is 45.3 Å². The van der Waals surface area contributed by atoms with Gasteiger partial charge in [0, 0.05) is 17.5 Å². The Balaban J connectivity index is 2.57. The Bertz CT molecular complexity index is 677. The van der Waals surface area contributed by atoms with Crippen LogP contribution in [0.15, 0.2) is 30.3 Å². The number of alkyl carbamates (subject to hydrolysis) is 1. The average Bonchev–Trinajstić information content (AvgIpc) is 2.60. The molecule has 0 aliphatic carbocycles. The van der Waals surface area contributed by atoms with Crippen LogP contribution in [0.3, 0.4) is 0 Å². The Morgan fingerprint density at radius 1 is 1.03 bits per heavy atom. The summed E-state index contributed by atoms with van der Waals surface area (Å²) < 4.78 is 5.03. The Labute approximate surface area is 172 Å². The number of ether oxygens (including phenoxy) is 1. The summed E-state index contributed by atoms with van der Waals surface area (Å²) in [4.78, 5) is 41.1. The van der Waals surface area contributed by atoms with Crippen molar-refractivity contribution >= 4 is 18.0 Å². The van der Waals surface area contributed by atoms with E-state index in [2.05, 4.69) is 5.32 Å². The number of rotatable bonds is 8. The van der Waals surface area contributed by atoms with Gasteiger partial charge in [-0.2, -0.15) is 0 Å². The number of aliphatic carboxylic acids is 1. The quantitative estimate of drug-likeness (QED) is 0.634. The fourth-order valence-corrected chi connectivity index (χ4v) is 2.85. The third-order valence-electron chi connectivity index (χ3n) is 3.85. The van der Waals surface area contributed by atoms with E-state index in [1.54, 1.807) is 29.3 Å². The SMILES string of the molecule is CC(C)(C)N(OC(=O)CC[C@H](NC(=O)OCc1ccccc1)C(=O)O)C(C)(C)C. The van der Waals surface area contributed by atoms with E-state index >= 15 is 0 Å². The predicted molar refractivity (Wildman–Crippen MR) is 108 cm³/mol. The van der Waals surface area contributed by atoms with Gasteiger partial charge in [0.2, 0.25) is 0 Å². The van der Waals surface area contributed by atoms with Gasteiger partial charge < -0.3 is 20.0 Å². The van der Waals surface area contributed by atoms with Crippen molar-refractivity contribution in [2.24, 2.45) is 0 Å². The van der Waals surface area contributed by atoms with Crippen molar-refractivity contribution in [3.8, 4) is 0 Å². The Morgan fingerprint density at radius 2 is 1.59 bits per heavy atom. The molecule has 0 heterocycles. The molecule has 0 radical (unpaired) electrons. The zero-order chi connectivity index (χ0) is 22.2. The van der Waals surface area contributed by atoms with E-state index in [0.717, 1.165) is 5.56 Å². The minimum atomic E-state index is -1.26. The number of carboxylic acid groups (broad SMARTS) is 1. The molecule has 0 aliphatic rings. The second-order valence-corrected chi connectivity index (χ2v) is 8.73. The summed E-state index contributed by atoms with van der Waals surface area (Å²) in [5.41, 5.74) is -0.0818. The normalized spacial score (nSPS) is 12.9. The minimum Gasteiger partial charge on any atom is -0.480 e. The highest BCUT2D eigenvalue weighted by Gasteiger charge is 2.35. The Hall–Kier alpha value is -2.61. The van der Waals surface area contributed by atoms with Gasteiger partial charge in [-0.3, -0.25) is 4.79 Å². The van der Waals surface area contributed by atoms with E-state index in [-0.39, 0.29) is 19.4 Å². The van der Waals surface area contributed by atoms with Gasteiger partial charge in [0.25, 0.3) is 0 Å². The second kappa shape index (κ2) is 10.2. The van der Waals surface area contributed by atoms with Crippen molar-refractivity contribution in [1.82, 2.24) is 10.4 Å². The van der Waals surface area contributed by atoms with Gasteiger partial charge in [-0.25, -0.2) is 9.59 Å². The molecule has 0 aromatic heterocycles. The fraction of sp³-hybridized carbons (Fsp3) is 0.571. The van der Waals surface area contributed by atoms with Gasteiger partial charge in [-0.05, 0) is 53.5 Å². The van der Waals surface area contributed by atoms with Gasteiger partial charge in [0.05, 0.1) is 0 Å². The molecule has 8 nitrogen and oxygen atoms in total. The topological polar surface area (TPSA) is 105 Å². The third-order valence-corrected chi connectivity index (χ3v) is 3.85. The standard InChI is InChI=1S/C21H32N2O6/c1-20(2,3)23(21(4,5)6)29-17(24)13-12-16(18(25)26)22-19(27)28-14-15-10-8-7-9-11-15/h7-11,16H,12-14H2,1-6H3,(H,22,27)(H,25,26)/t16-/m0/s1. The van der Waals surface area contributed by atoms with Crippen LogP contribution in [0.1, 0.15) is 59.9 Å². The van der Waals surface area contributed by atoms with Gasteiger partial charge in [0.15, 0.2) is 0 Å². The lowest BCUT2D eigenvalue weighted by atomic mass is 10.00. The van der Waals surface area contributed by atoms with Crippen LogP contribution < -0.4 is 5.32 Å². The summed E-state index contributed by atoms with van der Waals surface area (Å²) in [5.74, 6) is -1.82. The number of carbonyl (C=O) groups is 3. The van der Waals surface area contributed by atoms with Crippen LogP contribution in [0.5, 0.6) is 0 Å². The summed E-state index contributed by atoms with van der Waals surface area (Å²) >= 11 is 0. The Morgan fingerprint density at radius 3 is 2.07 bits per heavy atom. The minimum absolute atomic E-state index is 0.0210. The van der Waals surface area contributed by atoms with Crippen LogP contribution >= 0.6 is 0 Å². The predicted octanol–water partition coefficient (Wildman–Crippen LogP) is 3.50. The van der Waals surface area contributed by atoms with Crippen LogP contribution in [0, 0.1) is 0 Å². The molecule has 1 aromatic rings. The molecule has 0 saturated heterocycles. The number of hydrogen-bond donors (Lipinski definition) is 2. The maximum absolute atomic E-state index is 12.3. The van der Waals surface area contributed by atoms with Crippen molar-refractivity contribution in [2.45, 2.75) is 78.1 Å². The smallest absolute Gasteiger partial charge is 0.408 e. The maximum Gasteiger partial charge on any atom is 0.408 e. The highest BCUT2D eigenvalue weighted by Crippen LogP contribution is 2.25. The molecular formula is C21H32N2O6. The van der Waals surface area contributed by atoms with Gasteiger partial charge in [-0.1, -0.05) is 30.3 Å². The van der Waals surface area contributed by atoms with Crippen molar-refractivity contribution in [1.29, 1.82) is 0 Å². The number of hydroxylamine groups is 2. The summed E-state index contributed by atoms with van der Waals surface area (Å²) in [7, 11) is 0. The van der Waals surface area contributed by atoms with Crippen molar-refractivity contribution in [3.05, 3.63) is 35.9 Å². The number of amides is 1. The Kier molecular flexibility index (Phi) is 8.63. The van der Waals surface area contributed by atoms with E-state index in [1.807, 2.05) is 47.6 Å². The molecule has 0 unspecified atom stereocenters. The van der Waals surface area contributed by atoms with Crippen LogP contribution in [-0.2, 0) is 25.8 Å². The van der Waals surface area contributed by atoms with E-state index in [9.17, 15) is 19.5 Å². The molecule has 1 atom stereocenters. The van der Waals surface area contributed by atoms with Gasteiger partial charge >= 0.3 is 18.0 Å². The highest BCUT2D eigenvalue weighted by molar-refractivity contribution is 5.80. The molecule has 0 bridgehead atoms. The molecule has 29 heavy (non-hydrogen) atoms. The summed E-state index contributed by atoms with van der Waals surface area (Å²) in [6.07, 6.45) is -1.14. The van der Waals surface area contributed by atoms with E-state index < -0.39 is 35.2 Å². The lowest BCUT2D eigenvalue weighted by molar-refractivity contribution is -0.246.